The lowest BCUT2D eigenvalue weighted by molar-refractivity contribution is 1.12. The van der Waals surface area contributed by atoms with Gasteiger partial charge in [-0.2, -0.15) is 5.26 Å². The predicted octanol–water partition coefficient (Wildman–Crippen LogP) is 2.61. The Bertz CT molecular complexity index is 613. The first kappa shape index (κ1) is 11.9. The standard InChI is InChI=1S/C14H14N4/c1-10-6-14(17-9-13(10)16)18(2)12-5-3-4-11(7-12)8-15/h3-7,9H,16H2,1-2H3. The van der Waals surface area contributed by atoms with E-state index < -0.39 is 0 Å². The lowest BCUT2D eigenvalue weighted by Crippen LogP contribution is -2.11. The van der Waals surface area contributed by atoms with Crippen molar-refractivity contribution in [1.82, 2.24) is 4.98 Å². The first-order chi connectivity index (χ1) is 8.61. The highest BCUT2D eigenvalue weighted by molar-refractivity contribution is 5.63. The van der Waals surface area contributed by atoms with E-state index in [-0.39, 0.29) is 0 Å². The van der Waals surface area contributed by atoms with E-state index in [1.54, 1.807) is 12.3 Å². The van der Waals surface area contributed by atoms with Crippen molar-refractivity contribution >= 4 is 17.2 Å². The molecule has 1 aromatic heterocycles. The molecule has 0 radical (unpaired) electrons. The normalized spacial score (nSPS) is 9.83. The number of hydrogen-bond donors (Lipinski definition) is 1. The maximum Gasteiger partial charge on any atom is 0.133 e. The molecule has 1 aromatic carbocycles. The molecular weight excluding hydrogens is 224 g/mol. The van der Waals surface area contributed by atoms with Crippen LogP contribution in [0.25, 0.3) is 0 Å². The minimum Gasteiger partial charge on any atom is -0.397 e. The van der Waals surface area contributed by atoms with E-state index in [1.165, 1.54) is 0 Å². The van der Waals surface area contributed by atoms with Gasteiger partial charge < -0.3 is 10.6 Å². The lowest BCUT2D eigenvalue weighted by atomic mass is 10.2. The van der Waals surface area contributed by atoms with Gasteiger partial charge in [0.25, 0.3) is 0 Å². The van der Waals surface area contributed by atoms with Gasteiger partial charge in [0.15, 0.2) is 0 Å². The first-order valence-corrected chi connectivity index (χ1v) is 5.58. The molecule has 0 aliphatic carbocycles. The Labute approximate surface area is 106 Å². The van der Waals surface area contributed by atoms with E-state index in [0.717, 1.165) is 17.1 Å². The Morgan fingerprint density at radius 1 is 1.33 bits per heavy atom. The molecule has 4 heteroatoms. The quantitative estimate of drug-likeness (QED) is 0.873. The van der Waals surface area contributed by atoms with Crippen molar-refractivity contribution < 1.29 is 0 Å². The van der Waals surface area contributed by atoms with Crippen LogP contribution in [0.15, 0.2) is 36.5 Å². The number of nitrogens with two attached hydrogens (primary N) is 1. The number of nitrogen functional groups attached to an aromatic ring is 1. The summed E-state index contributed by atoms with van der Waals surface area (Å²) in [5.41, 5.74) is 8.97. The minimum absolute atomic E-state index is 0.631. The van der Waals surface area contributed by atoms with Gasteiger partial charge in [0.2, 0.25) is 0 Å². The minimum atomic E-state index is 0.631. The average molecular weight is 238 g/mol. The van der Waals surface area contributed by atoms with E-state index in [1.807, 2.05) is 43.1 Å². The second kappa shape index (κ2) is 4.76. The van der Waals surface area contributed by atoms with Crippen LogP contribution in [-0.2, 0) is 0 Å². The molecule has 2 rings (SSSR count). The van der Waals surface area contributed by atoms with Crippen LogP contribution in [0.5, 0.6) is 0 Å². The van der Waals surface area contributed by atoms with Gasteiger partial charge in [-0.25, -0.2) is 4.98 Å². The summed E-state index contributed by atoms with van der Waals surface area (Å²) in [5.74, 6) is 0.803. The molecule has 0 unspecified atom stereocenters. The highest BCUT2D eigenvalue weighted by atomic mass is 15.2. The summed E-state index contributed by atoms with van der Waals surface area (Å²) in [6, 6.07) is 11.5. The third-order valence-corrected chi connectivity index (χ3v) is 2.84. The molecule has 0 fully saturated rings. The highest BCUT2D eigenvalue weighted by Gasteiger charge is 2.07. The van der Waals surface area contributed by atoms with E-state index in [9.17, 15) is 0 Å². The molecule has 2 aromatic rings. The smallest absolute Gasteiger partial charge is 0.133 e. The third kappa shape index (κ3) is 2.25. The van der Waals surface area contributed by atoms with Crippen molar-refractivity contribution in [3.8, 4) is 6.07 Å². The predicted molar refractivity (Wildman–Crippen MR) is 72.6 cm³/mol. The second-order valence-corrected chi connectivity index (χ2v) is 4.12. The van der Waals surface area contributed by atoms with Crippen LogP contribution in [0, 0.1) is 18.3 Å². The average Bonchev–Trinajstić information content (AvgIpc) is 2.41. The maximum absolute atomic E-state index is 8.89. The number of nitriles is 1. The number of anilines is 3. The Balaban J connectivity index is 2.38. The molecule has 18 heavy (non-hydrogen) atoms. The SMILES string of the molecule is Cc1cc(N(C)c2cccc(C#N)c2)ncc1N. The van der Waals surface area contributed by atoms with E-state index in [0.29, 0.717) is 11.3 Å². The molecule has 0 bridgehead atoms. The Morgan fingerprint density at radius 2 is 2.11 bits per heavy atom. The van der Waals surface area contributed by atoms with Crippen LogP contribution in [0.1, 0.15) is 11.1 Å². The second-order valence-electron chi connectivity index (χ2n) is 4.12. The summed E-state index contributed by atoms with van der Waals surface area (Å²) in [7, 11) is 1.91. The Hall–Kier alpha value is -2.54. The van der Waals surface area contributed by atoms with Gasteiger partial charge in [0.1, 0.15) is 5.82 Å². The van der Waals surface area contributed by atoms with Gasteiger partial charge in [-0.05, 0) is 36.8 Å². The molecule has 0 spiro atoms. The van der Waals surface area contributed by atoms with Gasteiger partial charge in [0.05, 0.1) is 23.5 Å². The lowest BCUT2D eigenvalue weighted by Gasteiger charge is -2.19. The van der Waals surface area contributed by atoms with Gasteiger partial charge in [0, 0.05) is 12.7 Å². The van der Waals surface area contributed by atoms with Crippen molar-refractivity contribution in [3.63, 3.8) is 0 Å². The van der Waals surface area contributed by atoms with Crippen molar-refractivity contribution in [2.24, 2.45) is 0 Å². The number of hydrogen-bond acceptors (Lipinski definition) is 4. The van der Waals surface area contributed by atoms with Gasteiger partial charge in [-0.3, -0.25) is 0 Å². The number of nitrogens with zero attached hydrogens (tertiary/aromatic N) is 3. The van der Waals surface area contributed by atoms with Crippen molar-refractivity contribution in [2.45, 2.75) is 6.92 Å². The van der Waals surface area contributed by atoms with E-state index in [2.05, 4.69) is 11.1 Å². The summed E-state index contributed by atoms with van der Waals surface area (Å²) in [4.78, 5) is 6.21. The molecule has 0 saturated carbocycles. The molecule has 0 aliphatic heterocycles. The molecule has 1 heterocycles. The highest BCUT2D eigenvalue weighted by Crippen LogP contribution is 2.24. The summed E-state index contributed by atoms with van der Waals surface area (Å²) in [6.45, 7) is 1.94. The van der Waals surface area contributed by atoms with Crippen LogP contribution in [-0.4, -0.2) is 12.0 Å². The largest absolute Gasteiger partial charge is 0.397 e. The summed E-state index contributed by atoms with van der Waals surface area (Å²) < 4.78 is 0. The fraction of sp³-hybridized carbons (Fsp3) is 0.143. The van der Waals surface area contributed by atoms with Gasteiger partial charge in [-0.1, -0.05) is 6.07 Å². The zero-order chi connectivity index (χ0) is 13.1. The van der Waals surface area contributed by atoms with Crippen LogP contribution < -0.4 is 10.6 Å². The zero-order valence-electron chi connectivity index (χ0n) is 10.4. The monoisotopic (exact) mass is 238 g/mol. The summed E-state index contributed by atoms with van der Waals surface area (Å²) >= 11 is 0. The molecule has 90 valence electrons. The van der Waals surface area contributed by atoms with Crippen molar-refractivity contribution in [3.05, 3.63) is 47.7 Å². The van der Waals surface area contributed by atoms with Crippen molar-refractivity contribution in [2.75, 3.05) is 17.7 Å². The molecule has 2 N–H and O–H groups in total. The third-order valence-electron chi connectivity index (χ3n) is 2.84. The van der Waals surface area contributed by atoms with Gasteiger partial charge >= 0.3 is 0 Å². The fourth-order valence-electron chi connectivity index (χ4n) is 1.65. The van der Waals surface area contributed by atoms with Crippen LogP contribution >= 0.6 is 0 Å². The Morgan fingerprint density at radius 3 is 2.78 bits per heavy atom. The number of aromatic nitrogens is 1. The Kier molecular flexibility index (Phi) is 3.16. The van der Waals surface area contributed by atoms with Gasteiger partial charge in [-0.15, -0.1) is 0 Å². The molecular formula is C14H14N4. The molecule has 0 aliphatic rings. The summed E-state index contributed by atoms with van der Waals surface area (Å²) in [6.07, 6.45) is 1.65. The molecule has 0 amide bonds. The fourth-order valence-corrected chi connectivity index (χ4v) is 1.65. The van der Waals surface area contributed by atoms with Crippen LogP contribution in [0.2, 0.25) is 0 Å². The van der Waals surface area contributed by atoms with E-state index in [4.69, 9.17) is 11.0 Å². The summed E-state index contributed by atoms with van der Waals surface area (Å²) in [5, 5.41) is 8.89. The van der Waals surface area contributed by atoms with Crippen LogP contribution in [0.3, 0.4) is 0 Å². The number of benzene rings is 1. The molecule has 4 nitrogen and oxygen atoms in total. The number of pyridine rings is 1. The molecule has 0 atom stereocenters. The maximum atomic E-state index is 8.89. The van der Waals surface area contributed by atoms with Crippen molar-refractivity contribution in [1.29, 1.82) is 5.26 Å². The first-order valence-electron chi connectivity index (χ1n) is 5.58. The topological polar surface area (TPSA) is 65.9 Å². The van der Waals surface area contributed by atoms with E-state index >= 15 is 0 Å². The zero-order valence-corrected chi connectivity index (χ0v) is 10.4. The molecule has 0 saturated heterocycles. The van der Waals surface area contributed by atoms with Crippen LogP contribution in [0.4, 0.5) is 17.2 Å². The number of aryl methyl sites for hydroxylation is 1. The number of rotatable bonds is 2.